The number of benzene rings is 1. The second-order valence-corrected chi connectivity index (χ2v) is 5.02. The molecule has 6 nitrogen and oxygen atoms in total. The molecule has 1 heterocycles. The number of hydrogen-bond donors (Lipinski definition) is 2. The number of aromatic nitrogens is 3. The Bertz CT molecular complexity index is 628. The van der Waals surface area contributed by atoms with Gasteiger partial charge < -0.3 is 10.2 Å². The topological polar surface area (TPSA) is 88.2 Å². The normalized spacial score (nSPS) is 10.8. The maximum Gasteiger partial charge on any atom is 0.358 e. The van der Waals surface area contributed by atoms with Crippen LogP contribution in [0.2, 0.25) is 5.02 Å². The van der Waals surface area contributed by atoms with Crippen LogP contribution in [0.1, 0.15) is 34.6 Å². The van der Waals surface area contributed by atoms with Crippen LogP contribution in [-0.4, -0.2) is 37.8 Å². The minimum atomic E-state index is -1.11. The van der Waals surface area contributed by atoms with Gasteiger partial charge in [-0.05, 0) is 24.5 Å². The third kappa shape index (κ3) is 3.80. The molecule has 0 saturated carbocycles. The molecule has 1 aromatic heterocycles. The minimum Gasteiger partial charge on any atom is -0.476 e. The third-order valence-electron chi connectivity index (χ3n) is 3.13. The molecule has 0 spiro atoms. The van der Waals surface area contributed by atoms with E-state index in [2.05, 4.69) is 10.3 Å². The molecule has 0 unspecified atom stereocenters. The first-order valence-electron chi connectivity index (χ1n) is 6.63. The summed E-state index contributed by atoms with van der Waals surface area (Å²) < 4.78 is 1.57. The third-order valence-corrected chi connectivity index (χ3v) is 3.50. The summed E-state index contributed by atoms with van der Waals surface area (Å²) in [5, 5.41) is 26.2. The van der Waals surface area contributed by atoms with Gasteiger partial charge in [0.05, 0.1) is 5.69 Å². The van der Waals surface area contributed by atoms with Crippen molar-refractivity contribution < 1.29 is 15.0 Å². The number of hydrogen-bond acceptors (Lipinski definition) is 4. The van der Waals surface area contributed by atoms with E-state index in [4.69, 9.17) is 16.7 Å². The molecule has 7 heteroatoms. The number of carbonyl (C=O) groups is 1. The van der Waals surface area contributed by atoms with E-state index in [0.29, 0.717) is 36.5 Å². The highest BCUT2D eigenvalue weighted by Crippen LogP contribution is 2.20. The molecule has 0 aliphatic rings. The van der Waals surface area contributed by atoms with Crippen LogP contribution < -0.4 is 0 Å². The monoisotopic (exact) mass is 309 g/mol. The van der Waals surface area contributed by atoms with Crippen LogP contribution in [0.15, 0.2) is 24.3 Å². The zero-order valence-electron chi connectivity index (χ0n) is 11.4. The number of carboxylic acids is 1. The van der Waals surface area contributed by atoms with Crippen molar-refractivity contribution in [3.63, 3.8) is 0 Å². The van der Waals surface area contributed by atoms with E-state index in [1.54, 1.807) is 10.7 Å². The van der Waals surface area contributed by atoms with Crippen molar-refractivity contribution >= 4 is 17.6 Å². The van der Waals surface area contributed by atoms with Gasteiger partial charge in [-0.15, -0.1) is 5.10 Å². The van der Waals surface area contributed by atoms with Crippen LogP contribution in [0.3, 0.4) is 0 Å². The first kappa shape index (κ1) is 15.5. The molecule has 1 aromatic carbocycles. The fourth-order valence-electron chi connectivity index (χ4n) is 2.05. The number of halogens is 1. The summed E-state index contributed by atoms with van der Waals surface area (Å²) in [6.45, 7) is 0.612. The number of aryl methyl sites for hydroxylation is 1. The van der Waals surface area contributed by atoms with Crippen molar-refractivity contribution in [3.8, 4) is 0 Å². The Hall–Kier alpha value is -1.92. The average Bonchev–Trinajstić information content (AvgIpc) is 2.85. The standard InChI is InChI=1S/C14H16ClN3O3/c15-11-6-2-1-5-10(11)9-12-13(14(20)21)16-17-18(12)7-3-4-8-19/h1-2,5-6,19H,3-4,7-9H2,(H,20,21). The van der Waals surface area contributed by atoms with Gasteiger partial charge in [-0.1, -0.05) is 35.0 Å². The fourth-order valence-corrected chi connectivity index (χ4v) is 2.25. The zero-order valence-corrected chi connectivity index (χ0v) is 12.1. The smallest absolute Gasteiger partial charge is 0.358 e. The van der Waals surface area contributed by atoms with Crippen LogP contribution in [0, 0.1) is 0 Å². The van der Waals surface area contributed by atoms with E-state index in [9.17, 15) is 9.90 Å². The lowest BCUT2D eigenvalue weighted by atomic mass is 10.1. The molecule has 0 saturated heterocycles. The highest BCUT2D eigenvalue weighted by atomic mass is 35.5. The molecular formula is C14H16ClN3O3. The Morgan fingerprint density at radius 2 is 2.05 bits per heavy atom. The Balaban J connectivity index is 2.28. The van der Waals surface area contributed by atoms with Gasteiger partial charge in [-0.25, -0.2) is 9.48 Å². The van der Waals surface area contributed by atoms with Crippen LogP contribution >= 0.6 is 11.6 Å². The highest BCUT2D eigenvalue weighted by Gasteiger charge is 2.19. The number of aliphatic hydroxyl groups is 1. The molecule has 21 heavy (non-hydrogen) atoms. The molecule has 0 amide bonds. The number of rotatable bonds is 7. The first-order chi connectivity index (χ1) is 10.1. The second kappa shape index (κ2) is 7.19. The molecule has 0 aliphatic carbocycles. The van der Waals surface area contributed by atoms with Crippen molar-refractivity contribution in [3.05, 3.63) is 46.2 Å². The molecule has 0 bridgehead atoms. The maximum atomic E-state index is 11.3. The highest BCUT2D eigenvalue weighted by molar-refractivity contribution is 6.31. The minimum absolute atomic E-state index is 0.0566. The summed E-state index contributed by atoms with van der Waals surface area (Å²) in [5.41, 5.74) is 1.29. The molecule has 0 fully saturated rings. The summed E-state index contributed by atoms with van der Waals surface area (Å²) in [6.07, 6.45) is 1.69. The van der Waals surface area contributed by atoms with E-state index in [-0.39, 0.29) is 12.3 Å². The van der Waals surface area contributed by atoms with E-state index >= 15 is 0 Å². The van der Waals surface area contributed by atoms with Crippen LogP contribution in [0.4, 0.5) is 0 Å². The summed E-state index contributed by atoms with van der Waals surface area (Å²) in [7, 11) is 0. The molecule has 0 atom stereocenters. The molecule has 2 N–H and O–H groups in total. The molecule has 0 radical (unpaired) electrons. The van der Waals surface area contributed by atoms with Gasteiger partial charge in [0.1, 0.15) is 0 Å². The fraction of sp³-hybridized carbons (Fsp3) is 0.357. The number of aliphatic hydroxyl groups excluding tert-OH is 1. The number of carboxylic acid groups (broad SMARTS) is 1. The molecule has 2 rings (SSSR count). The van der Waals surface area contributed by atoms with Gasteiger partial charge >= 0.3 is 5.97 Å². The van der Waals surface area contributed by atoms with Crippen molar-refractivity contribution in [1.82, 2.24) is 15.0 Å². The van der Waals surface area contributed by atoms with Crippen LogP contribution in [0.25, 0.3) is 0 Å². The first-order valence-corrected chi connectivity index (χ1v) is 7.01. The van der Waals surface area contributed by atoms with Crippen molar-refractivity contribution in [2.75, 3.05) is 6.61 Å². The van der Waals surface area contributed by atoms with E-state index in [1.165, 1.54) is 0 Å². The summed E-state index contributed by atoms with van der Waals surface area (Å²) in [4.78, 5) is 11.3. The van der Waals surface area contributed by atoms with Gasteiger partial charge in [0, 0.05) is 24.6 Å². The van der Waals surface area contributed by atoms with Crippen molar-refractivity contribution in [2.24, 2.45) is 0 Å². The predicted molar refractivity (Wildman–Crippen MR) is 77.6 cm³/mol. The Morgan fingerprint density at radius 1 is 1.29 bits per heavy atom. The van der Waals surface area contributed by atoms with Gasteiger partial charge in [-0.2, -0.15) is 0 Å². The lowest BCUT2D eigenvalue weighted by Crippen LogP contribution is -2.10. The largest absolute Gasteiger partial charge is 0.476 e. The maximum absolute atomic E-state index is 11.3. The quantitative estimate of drug-likeness (QED) is 0.764. The van der Waals surface area contributed by atoms with E-state index < -0.39 is 5.97 Å². The van der Waals surface area contributed by atoms with Gasteiger partial charge in [0.2, 0.25) is 0 Å². The Morgan fingerprint density at radius 3 is 2.71 bits per heavy atom. The summed E-state index contributed by atoms with van der Waals surface area (Å²) in [5.74, 6) is -1.11. The molecule has 2 aromatic rings. The second-order valence-electron chi connectivity index (χ2n) is 4.61. The lowest BCUT2D eigenvalue weighted by molar-refractivity contribution is 0.0689. The van der Waals surface area contributed by atoms with Crippen LogP contribution in [-0.2, 0) is 13.0 Å². The Labute approximate surface area is 127 Å². The van der Waals surface area contributed by atoms with Gasteiger partial charge in [0.25, 0.3) is 0 Å². The van der Waals surface area contributed by atoms with Crippen LogP contribution in [0.5, 0.6) is 0 Å². The number of nitrogens with zero attached hydrogens (tertiary/aromatic N) is 3. The average molecular weight is 310 g/mol. The Kier molecular flexibility index (Phi) is 5.30. The summed E-state index contributed by atoms with van der Waals surface area (Å²) >= 11 is 6.12. The zero-order chi connectivity index (χ0) is 15.2. The summed E-state index contributed by atoms with van der Waals surface area (Å²) in [6, 6.07) is 7.28. The molecule has 112 valence electrons. The SMILES string of the molecule is O=C(O)c1nnn(CCCCO)c1Cc1ccccc1Cl. The van der Waals surface area contributed by atoms with E-state index in [1.807, 2.05) is 18.2 Å². The predicted octanol–water partition coefficient (Wildman–Crippen LogP) is 1.99. The molecule has 0 aliphatic heterocycles. The van der Waals surface area contributed by atoms with E-state index in [0.717, 1.165) is 5.56 Å². The number of unbranched alkanes of at least 4 members (excludes halogenated alkanes) is 1. The van der Waals surface area contributed by atoms with Crippen molar-refractivity contribution in [1.29, 1.82) is 0 Å². The lowest BCUT2D eigenvalue weighted by Gasteiger charge is -2.08. The van der Waals surface area contributed by atoms with Crippen molar-refractivity contribution in [2.45, 2.75) is 25.8 Å². The van der Waals surface area contributed by atoms with Gasteiger partial charge in [0.15, 0.2) is 5.69 Å². The van der Waals surface area contributed by atoms with Gasteiger partial charge in [-0.3, -0.25) is 0 Å². The number of aromatic carboxylic acids is 1. The molecular weight excluding hydrogens is 294 g/mol.